The van der Waals surface area contributed by atoms with Crippen LogP contribution in [0.15, 0.2) is 53.8 Å². The van der Waals surface area contributed by atoms with E-state index in [0.29, 0.717) is 6.54 Å². The molecule has 0 aliphatic rings. The summed E-state index contributed by atoms with van der Waals surface area (Å²) in [5.41, 5.74) is 4.35. The number of nitrogens with one attached hydrogen (secondary N) is 2. The van der Waals surface area contributed by atoms with Gasteiger partial charge in [-0.25, -0.2) is 4.98 Å². The summed E-state index contributed by atoms with van der Waals surface area (Å²) in [7, 11) is 3.45. The monoisotopic (exact) mass is 351 g/mol. The number of hydrogen-bond donors (Lipinski definition) is 2. The van der Waals surface area contributed by atoms with Crippen molar-refractivity contribution < 1.29 is 4.74 Å². The van der Waals surface area contributed by atoms with E-state index in [2.05, 4.69) is 39.2 Å². The van der Waals surface area contributed by atoms with Crippen LogP contribution in [0.3, 0.4) is 0 Å². The number of aromatic nitrogens is 2. The maximum absolute atomic E-state index is 5.38. The number of pyridine rings is 1. The summed E-state index contributed by atoms with van der Waals surface area (Å²) in [6, 6.07) is 12.1. The largest absolute Gasteiger partial charge is 0.496 e. The van der Waals surface area contributed by atoms with Crippen molar-refractivity contribution in [2.45, 2.75) is 19.9 Å². The summed E-state index contributed by atoms with van der Waals surface area (Å²) < 4.78 is 7.45. The minimum atomic E-state index is 0.650. The average molecular weight is 351 g/mol. The molecule has 0 aliphatic carbocycles. The smallest absolute Gasteiger partial charge is 0.191 e. The van der Waals surface area contributed by atoms with E-state index < -0.39 is 0 Å². The molecule has 2 aromatic heterocycles. The van der Waals surface area contributed by atoms with Crippen LogP contribution in [0, 0.1) is 6.92 Å². The standard InChI is InChI=1S/C20H25N5O/c1-15-7-6-12-25-14-17(24-19(15)25)10-11-22-20(21-2)23-13-16-8-4-5-9-18(16)26-3/h4-9,12,14H,10-11,13H2,1-3H3,(H2,21,22,23). The number of aryl methyl sites for hydroxylation is 1. The van der Waals surface area contributed by atoms with Gasteiger partial charge in [-0.3, -0.25) is 4.99 Å². The number of nitrogens with zero attached hydrogens (tertiary/aromatic N) is 3. The van der Waals surface area contributed by atoms with Gasteiger partial charge in [0.15, 0.2) is 5.96 Å². The SMILES string of the molecule is CN=C(NCCc1cn2cccc(C)c2n1)NCc1ccccc1OC. The molecule has 1 aromatic carbocycles. The van der Waals surface area contributed by atoms with Gasteiger partial charge in [-0.05, 0) is 24.6 Å². The number of ether oxygens (including phenoxy) is 1. The molecular weight excluding hydrogens is 326 g/mol. The molecule has 0 unspecified atom stereocenters. The molecule has 3 rings (SSSR count). The van der Waals surface area contributed by atoms with E-state index in [4.69, 9.17) is 9.72 Å². The fraction of sp³-hybridized carbons (Fsp3) is 0.300. The Balaban J connectivity index is 1.53. The van der Waals surface area contributed by atoms with Crippen molar-refractivity contribution in [3.63, 3.8) is 0 Å². The maximum atomic E-state index is 5.38. The molecule has 0 fully saturated rings. The Labute approximate surface area is 153 Å². The molecule has 0 spiro atoms. The first-order chi connectivity index (χ1) is 12.7. The first-order valence-electron chi connectivity index (χ1n) is 8.71. The molecule has 136 valence electrons. The third-order valence-electron chi connectivity index (χ3n) is 4.26. The van der Waals surface area contributed by atoms with Crippen molar-refractivity contribution in [3.05, 3.63) is 65.6 Å². The molecule has 0 atom stereocenters. The average Bonchev–Trinajstić information content (AvgIpc) is 3.09. The minimum absolute atomic E-state index is 0.650. The van der Waals surface area contributed by atoms with E-state index in [1.807, 2.05) is 36.5 Å². The van der Waals surface area contributed by atoms with Crippen LogP contribution in [-0.4, -0.2) is 36.0 Å². The highest BCUT2D eigenvalue weighted by Crippen LogP contribution is 2.16. The van der Waals surface area contributed by atoms with Crippen LogP contribution in [0.4, 0.5) is 0 Å². The minimum Gasteiger partial charge on any atom is -0.496 e. The maximum Gasteiger partial charge on any atom is 0.191 e. The summed E-state index contributed by atoms with van der Waals surface area (Å²) in [5.74, 6) is 1.63. The van der Waals surface area contributed by atoms with Gasteiger partial charge in [0.2, 0.25) is 0 Å². The van der Waals surface area contributed by atoms with Gasteiger partial charge in [-0.1, -0.05) is 24.3 Å². The van der Waals surface area contributed by atoms with E-state index in [1.54, 1.807) is 14.2 Å². The van der Waals surface area contributed by atoms with Crippen molar-refractivity contribution >= 4 is 11.6 Å². The second kappa shape index (κ2) is 8.38. The number of guanidine groups is 1. The second-order valence-electron chi connectivity index (χ2n) is 6.07. The van der Waals surface area contributed by atoms with Gasteiger partial charge < -0.3 is 19.8 Å². The molecular formula is C20H25N5O. The van der Waals surface area contributed by atoms with Gasteiger partial charge in [-0.2, -0.15) is 0 Å². The Morgan fingerprint density at radius 2 is 2.04 bits per heavy atom. The van der Waals surface area contributed by atoms with Crippen molar-refractivity contribution in [2.75, 3.05) is 20.7 Å². The fourth-order valence-corrected chi connectivity index (χ4v) is 2.88. The van der Waals surface area contributed by atoms with Crippen molar-refractivity contribution in [2.24, 2.45) is 4.99 Å². The van der Waals surface area contributed by atoms with Gasteiger partial charge in [0.25, 0.3) is 0 Å². The number of fused-ring (bicyclic) bond motifs is 1. The number of methoxy groups -OCH3 is 1. The summed E-state index contributed by atoms with van der Waals surface area (Å²) in [4.78, 5) is 8.97. The molecule has 26 heavy (non-hydrogen) atoms. The van der Waals surface area contributed by atoms with Crippen molar-refractivity contribution in [1.82, 2.24) is 20.0 Å². The molecule has 6 heteroatoms. The lowest BCUT2D eigenvalue weighted by Crippen LogP contribution is -2.37. The first kappa shape index (κ1) is 17.8. The number of rotatable bonds is 6. The van der Waals surface area contributed by atoms with E-state index >= 15 is 0 Å². The van der Waals surface area contributed by atoms with Gasteiger partial charge in [-0.15, -0.1) is 0 Å². The highest BCUT2D eigenvalue weighted by molar-refractivity contribution is 5.79. The Hall–Kier alpha value is -3.02. The number of imidazole rings is 1. The number of hydrogen-bond acceptors (Lipinski definition) is 3. The van der Waals surface area contributed by atoms with Crippen LogP contribution in [0.25, 0.3) is 5.65 Å². The van der Waals surface area contributed by atoms with Gasteiger partial charge in [0.1, 0.15) is 11.4 Å². The topological polar surface area (TPSA) is 63.0 Å². The molecule has 0 saturated heterocycles. The third kappa shape index (κ3) is 4.14. The number of para-hydroxylation sites is 1. The van der Waals surface area contributed by atoms with Gasteiger partial charge in [0.05, 0.1) is 12.8 Å². The summed E-state index contributed by atoms with van der Waals surface area (Å²) in [6.07, 6.45) is 4.94. The molecule has 0 bridgehead atoms. The van der Waals surface area contributed by atoms with Crippen LogP contribution in [0.2, 0.25) is 0 Å². The van der Waals surface area contributed by atoms with Crippen LogP contribution in [-0.2, 0) is 13.0 Å². The van der Waals surface area contributed by atoms with Crippen LogP contribution in [0.1, 0.15) is 16.8 Å². The molecule has 0 radical (unpaired) electrons. The predicted octanol–water partition coefficient (Wildman–Crippen LogP) is 2.56. The lowest BCUT2D eigenvalue weighted by Gasteiger charge is -2.13. The summed E-state index contributed by atoms with van der Waals surface area (Å²) in [6.45, 7) is 3.49. The van der Waals surface area contributed by atoms with E-state index in [-0.39, 0.29) is 0 Å². The second-order valence-corrected chi connectivity index (χ2v) is 6.07. The van der Waals surface area contributed by atoms with Crippen molar-refractivity contribution in [1.29, 1.82) is 0 Å². The van der Waals surface area contributed by atoms with Crippen molar-refractivity contribution in [3.8, 4) is 5.75 Å². The van der Waals surface area contributed by atoms with E-state index in [9.17, 15) is 0 Å². The molecule has 6 nitrogen and oxygen atoms in total. The lowest BCUT2D eigenvalue weighted by atomic mass is 10.2. The van der Waals surface area contributed by atoms with Crippen LogP contribution < -0.4 is 15.4 Å². The van der Waals surface area contributed by atoms with Gasteiger partial charge >= 0.3 is 0 Å². The molecule has 3 aromatic rings. The quantitative estimate of drug-likeness (QED) is 0.529. The van der Waals surface area contributed by atoms with E-state index in [1.165, 1.54) is 5.56 Å². The normalized spacial score (nSPS) is 11.6. The van der Waals surface area contributed by atoms with Crippen LogP contribution >= 0.6 is 0 Å². The Bertz CT molecular complexity index is 900. The number of benzene rings is 1. The Kier molecular flexibility index (Phi) is 5.73. The zero-order chi connectivity index (χ0) is 18.4. The highest BCUT2D eigenvalue weighted by Gasteiger charge is 2.05. The number of aliphatic imine (C=N–C) groups is 1. The molecule has 0 amide bonds. The molecule has 0 aliphatic heterocycles. The summed E-state index contributed by atoms with van der Waals surface area (Å²) >= 11 is 0. The zero-order valence-electron chi connectivity index (χ0n) is 15.5. The first-order valence-corrected chi connectivity index (χ1v) is 8.71. The van der Waals surface area contributed by atoms with Crippen LogP contribution in [0.5, 0.6) is 5.75 Å². The molecule has 2 heterocycles. The zero-order valence-corrected chi connectivity index (χ0v) is 15.5. The molecule has 0 saturated carbocycles. The Morgan fingerprint density at radius 1 is 1.19 bits per heavy atom. The lowest BCUT2D eigenvalue weighted by molar-refractivity contribution is 0.409. The molecule has 2 N–H and O–H groups in total. The highest BCUT2D eigenvalue weighted by atomic mass is 16.5. The van der Waals surface area contributed by atoms with Gasteiger partial charge in [0, 0.05) is 44.5 Å². The van der Waals surface area contributed by atoms with E-state index in [0.717, 1.165) is 41.6 Å². The summed E-state index contributed by atoms with van der Waals surface area (Å²) in [5, 5.41) is 6.65. The third-order valence-corrected chi connectivity index (χ3v) is 4.26. The Morgan fingerprint density at radius 3 is 2.81 bits per heavy atom. The fourth-order valence-electron chi connectivity index (χ4n) is 2.88. The predicted molar refractivity (Wildman–Crippen MR) is 105 cm³/mol.